The number of aryl methyl sites for hydroxylation is 1. The molecule has 0 unspecified atom stereocenters. The van der Waals surface area contributed by atoms with E-state index in [1.54, 1.807) is 30.9 Å². The van der Waals surface area contributed by atoms with Crippen LogP contribution in [0.2, 0.25) is 10.0 Å². The number of rotatable bonds is 6. The molecule has 0 aliphatic heterocycles. The minimum atomic E-state index is -4.75. The summed E-state index contributed by atoms with van der Waals surface area (Å²) < 4.78 is 43.6. The maximum absolute atomic E-state index is 13.7. The SMILES string of the molecule is O=C(NCCCn1ccnc1)c1nn2c(C(F)(F)F)cc(-c3ccc(Cl)cc3)nc2c1Cl. The van der Waals surface area contributed by atoms with E-state index in [1.165, 1.54) is 12.1 Å². The van der Waals surface area contributed by atoms with Gasteiger partial charge in [-0.25, -0.2) is 14.5 Å². The highest BCUT2D eigenvalue weighted by Crippen LogP contribution is 2.34. The first-order chi connectivity index (χ1) is 15.2. The van der Waals surface area contributed by atoms with Crippen molar-refractivity contribution in [2.45, 2.75) is 19.1 Å². The van der Waals surface area contributed by atoms with E-state index in [2.05, 4.69) is 20.4 Å². The molecule has 0 aliphatic carbocycles. The molecule has 0 radical (unpaired) electrons. The molecule has 1 amide bonds. The Hall–Kier alpha value is -3.11. The molecule has 12 heteroatoms. The van der Waals surface area contributed by atoms with E-state index in [0.29, 0.717) is 28.1 Å². The van der Waals surface area contributed by atoms with Crippen molar-refractivity contribution in [3.05, 3.63) is 70.5 Å². The van der Waals surface area contributed by atoms with Crippen LogP contribution >= 0.6 is 23.2 Å². The number of nitrogens with zero attached hydrogens (tertiary/aromatic N) is 5. The minimum absolute atomic E-state index is 0.0237. The zero-order valence-electron chi connectivity index (χ0n) is 16.3. The number of imidazole rings is 1. The predicted molar refractivity (Wildman–Crippen MR) is 113 cm³/mol. The highest BCUT2D eigenvalue weighted by Gasteiger charge is 2.36. The Balaban J connectivity index is 1.65. The van der Waals surface area contributed by atoms with E-state index in [-0.39, 0.29) is 28.6 Å². The van der Waals surface area contributed by atoms with Gasteiger partial charge in [0.05, 0.1) is 12.0 Å². The number of fused-ring (bicyclic) bond motifs is 1. The summed E-state index contributed by atoms with van der Waals surface area (Å²) in [5.41, 5.74) is -1.27. The minimum Gasteiger partial charge on any atom is -0.351 e. The summed E-state index contributed by atoms with van der Waals surface area (Å²) in [7, 11) is 0. The highest BCUT2D eigenvalue weighted by molar-refractivity contribution is 6.36. The van der Waals surface area contributed by atoms with Gasteiger partial charge in [-0.1, -0.05) is 35.3 Å². The quantitative estimate of drug-likeness (QED) is 0.402. The predicted octanol–water partition coefficient (Wildman–Crippen LogP) is 4.74. The van der Waals surface area contributed by atoms with Crippen molar-refractivity contribution >= 4 is 34.8 Å². The zero-order chi connectivity index (χ0) is 22.9. The average Bonchev–Trinajstić information content (AvgIpc) is 3.38. The molecule has 7 nitrogen and oxygen atoms in total. The lowest BCUT2D eigenvalue weighted by molar-refractivity contribution is -0.142. The van der Waals surface area contributed by atoms with E-state index in [4.69, 9.17) is 23.2 Å². The van der Waals surface area contributed by atoms with Crippen LogP contribution in [0.4, 0.5) is 13.2 Å². The molecule has 0 saturated heterocycles. The lowest BCUT2D eigenvalue weighted by atomic mass is 10.1. The van der Waals surface area contributed by atoms with Crippen molar-refractivity contribution in [1.29, 1.82) is 0 Å². The van der Waals surface area contributed by atoms with Crippen molar-refractivity contribution < 1.29 is 18.0 Å². The molecule has 0 atom stereocenters. The Morgan fingerprint density at radius 1 is 1.16 bits per heavy atom. The van der Waals surface area contributed by atoms with Gasteiger partial charge in [0.25, 0.3) is 5.91 Å². The summed E-state index contributed by atoms with van der Waals surface area (Å²) in [6.45, 7) is 0.889. The van der Waals surface area contributed by atoms with Crippen LogP contribution in [0.3, 0.4) is 0 Å². The third-order valence-electron chi connectivity index (χ3n) is 4.62. The van der Waals surface area contributed by atoms with Gasteiger partial charge in [0.15, 0.2) is 17.0 Å². The average molecular weight is 483 g/mol. The Labute approximate surface area is 189 Å². The molecular weight excluding hydrogens is 468 g/mol. The number of benzene rings is 1. The van der Waals surface area contributed by atoms with E-state index < -0.39 is 17.8 Å². The van der Waals surface area contributed by atoms with Gasteiger partial charge in [-0.3, -0.25) is 4.79 Å². The number of carbonyl (C=O) groups is 1. The van der Waals surface area contributed by atoms with Crippen LogP contribution in [-0.2, 0) is 12.7 Å². The van der Waals surface area contributed by atoms with Crippen LogP contribution in [-0.4, -0.2) is 36.6 Å². The van der Waals surface area contributed by atoms with Gasteiger partial charge in [-0.05, 0) is 24.6 Å². The van der Waals surface area contributed by atoms with Crippen LogP contribution in [0.15, 0.2) is 49.1 Å². The number of aromatic nitrogens is 5. The monoisotopic (exact) mass is 482 g/mol. The fraction of sp³-hybridized carbons (Fsp3) is 0.200. The number of hydrogen-bond donors (Lipinski definition) is 1. The lowest BCUT2D eigenvalue weighted by Crippen LogP contribution is -2.26. The molecule has 0 saturated carbocycles. The van der Waals surface area contributed by atoms with Gasteiger partial charge in [-0.15, -0.1) is 0 Å². The molecule has 166 valence electrons. The summed E-state index contributed by atoms with van der Waals surface area (Å²) in [6.07, 6.45) is 0.890. The third kappa shape index (κ3) is 4.56. The van der Waals surface area contributed by atoms with Crippen LogP contribution in [0.1, 0.15) is 22.6 Å². The fourth-order valence-corrected chi connectivity index (χ4v) is 3.45. The molecule has 0 fully saturated rings. The Morgan fingerprint density at radius 3 is 2.56 bits per heavy atom. The van der Waals surface area contributed by atoms with Crippen molar-refractivity contribution in [3.63, 3.8) is 0 Å². The smallest absolute Gasteiger partial charge is 0.351 e. The largest absolute Gasteiger partial charge is 0.433 e. The summed E-state index contributed by atoms with van der Waals surface area (Å²) in [5, 5.41) is 6.59. The standard InChI is InChI=1S/C20H15Cl2F3N6O/c21-13-4-2-12(3-5-13)14-10-15(20(23,24)25)31-18(28-14)16(22)17(29-31)19(32)27-6-1-8-30-9-7-26-11-30/h2-5,7,9-11H,1,6,8H2,(H,27,32). The van der Waals surface area contributed by atoms with Crippen LogP contribution in [0, 0.1) is 0 Å². The van der Waals surface area contributed by atoms with Gasteiger partial charge < -0.3 is 9.88 Å². The van der Waals surface area contributed by atoms with Crippen LogP contribution in [0.5, 0.6) is 0 Å². The van der Waals surface area contributed by atoms with Gasteiger partial charge in [0.1, 0.15) is 5.02 Å². The van der Waals surface area contributed by atoms with Gasteiger partial charge in [-0.2, -0.15) is 18.3 Å². The number of alkyl halides is 3. The van der Waals surface area contributed by atoms with Gasteiger partial charge in [0, 0.05) is 36.1 Å². The fourth-order valence-electron chi connectivity index (χ4n) is 3.07. The number of carbonyl (C=O) groups excluding carboxylic acids is 1. The third-order valence-corrected chi connectivity index (χ3v) is 5.22. The molecule has 0 aliphatic rings. The highest BCUT2D eigenvalue weighted by atomic mass is 35.5. The molecule has 32 heavy (non-hydrogen) atoms. The van der Waals surface area contributed by atoms with E-state index in [0.717, 1.165) is 6.07 Å². The first kappa shape index (κ1) is 22.1. The number of hydrogen-bond acceptors (Lipinski definition) is 4. The van der Waals surface area contributed by atoms with E-state index >= 15 is 0 Å². The number of amides is 1. The lowest BCUT2D eigenvalue weighted by Gasteiger charge is -2.11. The molecule has 4 rings (SSSR count). The van der Waals surface area contributed by atoms with Crippen LogP contribution < -0.4 is 5.32 Å². The molecule has 3 aromatic heterocycles. The molecule has 1 N–H and O–H groups in total. The van der Waals surface area contributed by atoms with Crippen molar-refractivity contribution in [1.82, 2.24) is 29.5 Å². The van der Waals surface area contributed by atoms with E-state index in [9.17, 15) is 18.0 Å². The summed E-state index contributed by atoms with van der Waals surface area (Å²) in [6, 6.07) is 7.01. The van der Waals surface area contributed by atoms with E-state index in [1.807, 2.05) is 4.57 Å². The molecular formula is C20H15Cl2F3N6O. The molecule has 4 aromatic rings. The number of nitrogens with one attached hydrogen (secondary N) is 1. The van der Waals surface area contributed by atoms with Gasteiger partial charge >= 0.3 is 6.18 Å². The topological polar surface area (TPSA) is 77.1 Å². The molecule has 1 aromatic carbocycles. The van der Waals surface area contributed by atoms with Gasteiger partial charge in [0.2, 0.25) is 0 Å². The molecule has 0 bridgehead atoms. The van der Waals surface area contributed by atoms with Crippen LogP contribution in [0.25, 0.3) is 16.9 Å². The van der Waals surface area contributed by atoms with Crippen molar-refractivity contribution in [2.24, 2.45) is 0 Å². The summed E-state index contributed by atoms with van der Waals surface area (Å²) in [5.74, 6) is -0.688. The second-order valence-electron chi connectivity index (χ2n) is 6.84. The molecule has 0 spiro atoms. The normalized spacial score (nSPS) is 11.8. The Kier molecular flexibility index (Phi) is 6.07. The summed E-state index contributed by atoms with van der Waals surface area (Å²) >= 11 is 12.1. The number of halogens is 5. The zero-order valence-corrected chi connectivity index (χ0v) is 17.8. The second-order valence-corrected chi connectivity index (χ2v) is 7.65. The van der Waals surface area contributed by atoms with Crippen molar-refractivity contribution in [2.75, 3.05) is 6.54 Å². The Bertz CT molecular complexity index is 1250. The first-order valence-corrected chi connectivity index (χ1v) is 10.2. The Morgan fingerprint density at radius 2 is 1.91 bits per heavy atom. The first-order valence-electron chi connectivity index (χ1n) is 9.40. The maximum Gasteiger partial charge on any atom is 0.433 e. The second kappa shape index (κ2) is 8.79. The van der Waals surface area contributed by atoms with Crippen molar-refractivity contribution in [3.8, 4) is 11.3 Å². The summed E-state index contributed by atoms with van der Waals surface area (Å²) in [4.78, 5) is 20.7. The maximum atomic E-state index is 13.7. The molecule has 3 heterocycles.